The van der Waals surface area contributed by atoms with Crippen LogP contribution in [0.15, 0.2) is 23.9 Å². The maximum Gasteiger partial charge on any atom is 0.0933 e. The average molecular weight is 262 g/mol. The Hall–Kier alpha value is -1.44. The molecule has 2 aliphatic rings. The first kappa shape index (κ1) is 15.6. The second-order valence-corrected chi connectivity index (χ2v) is 4.52. The third-order valence-electron chi connectivity index (χ3n) is 3.23. The van der Waals surface area contributed by atoms with Crippen molar-refractivity contribution in [2.45, 2.75) is 60.5 Å². The molecule has 108 valence electrons. The van der Waals surface area contributed by atoms with E-state index >= 15 is 0 Å². The van der Waals surface area contributed by atoms with Crippen molar-refractivity contribution < 1.29 is 1.43 Å². The molecule has 1 aromatic carbocycles. The molecule has 3 rings (SSSR count). The number of rotatable bonds is 0. The van der Waals surface area contributed by atoms with Crippen LogP contribution in [0.1, 0.15) is 59.2 Å². The van der Waals surface area contributed by atoms with Crippen molar-refractivity contribution in [1.29, 1.82) is 0 Å². The molecule has 0 spiro atoms. The van der Waals surface area contributed by atoms with Gasteiger partial charge in [-0.25, -0.2) is 0 Å². The minimum atomic E-state index is 0. The summed E-state index contributed by atoms with van der Waals surface area (Å²) in [6, 6.07) is 6.75. The van der Waals surface area contributed by atoms with E-state index in [0.29, 0.717) is 6.17 Å². The number of benzene rings is 1. The van der Waals surface area contributed by atoms with Gasteiger partial charge in [0, 0.05) is 12.7 Å². The molecule has 1 atom stereocenters. The van der Waals surface area contributed by atoms with Crippen LogP contribution in [0.4, 0.5) is 0 Å². The average Bonchev–Trinajstić information content (AvgIpc) is 2.83. The molecule has 1 aromatic rings. The lowest BCUT2D eigenvalue weighted by Crippen LogP contribution is -2.28. The molecular weight excluding hydrogens is 232 g/mol. The Morgan fingerprint density at radius 2 is 1.74 bits per heavy atom. The highest BCUT2D eigenvalue weighted by atomic mass is 15.2. The van der Waals surface area contributed by atoms with E-state index < -0.39 is 0 Å². The molecule has 0 bridgehead atoms. The highest BCUT2D eigenvalue weighted by molar-refractivity contribution is 5.73. The molecule has 0 fully saturated rings. The lowest BCUT2D eigenvalue weighted by Gasteiger charge is -2.18. The zero-order valence-electron chi connectivity index (χ0n) is 13.2. The van der Waals surface area contributed by atoms with E-state index in [4.69, 9.17) is 0 Å². The lowest BCUT2D eigenvalue weighted by molar-refractivity contribution is 0.607. The number of aryl methyl sites for hydroxylation is 2. The summed E-state index contributed by atoms with van der Waals surface area (Å²) >= 11 is 0. The predicted molar refractivity (Wildman–Crippen MR) is 87.0 cm³/mol. The summed E-state index contributed by atoms with van der Waals surface area (Å²) in [5.41, 5.74) is 6.94. The lowest BCUT2D eigenvalue weighted by atomic mass is 9.92. The van der Waals surface area contributed by atoms with Crippen molar-refractivity contribution in [1.82, 2.24) is 10.6 Å². The maximum atomic E-state index is 3.50. The number of fused-ring (bicyclic) bond motifs is 2. The van der Waals surface area contributed by atoms with Gasteiger partial charge in [-0.1, -0.05) is 51.5 Å². The van der Waals surface area contributed by atoms with Crippen LogP contribution in [0.5, 0.6) is 0 Å². The Labute approximate surface area is 119 Å². The summed E-state index contributed by atoms with van der Waals surface area (Å²) in [6.07, 6.45) is 2.68. The van der Waals surface area contributed by atoms with Crippen LogP contribution in [0, 0.1) is 6.92 Å². The van der Waals surface area contributed by atoms with Crippen molar-refractivity contribution in [3.8, 4) is 0 Å². The zero-order chi connectivity index (χ0) is 14.4. The number of hydrogen-bond acceptors (Lipinski definition) is 2. The van der Waals surface area contributed by atoms with Crippen LogP contribution < -0.4 is 10.6 Å². The summed E-state index contributed by atoms with van der Waals surface area (Å²) in [6.45, 7) is 12.3. The van der Waals surface area contributed by atoms with E-state index in [-0.39, 0.29) is 1.43 Å². The first-order valence-corrected chi connectivity index (χ1v) is 7.60. The molecule has 2 nitrogen and oxygen atoms in total. The van der Waals surface area contributed by atoms with Gasteiger partial charge in [0.1, 0.15) is 0 Å². The Balaban J connectivity index is 0.000000667. The summed E-state index contributed by atoms with van der Waals surface area (Å²) in [7, 11) is 0. The van der Waals surface area contributed by atoms with E-state index in [0.717, 1.165) is 12.8 Å². The van der Waals surface area contributed by atoms with Crippen LogP contribution in [0.3, 0.4) is 0 Å². The van der Waals surface area contributed by atoms with Crippen molar-refractivity contribution in [3.05, 3.63) is 40.6 Å². The van der Waals surface area contributed by atoms with Crippen LogP contribution in [0.2, 0.25) is 0 Å². The quantitative estimate of drug-likeness (QED) is 0.722. The predicted octanol–water partition coefficient (Wildman–Crippen LogP) is 4.45. The molecule has 0 saturated heterocycles. The van der Waals surface area contributed by atoms with Gasteiger partial charge in [0.25, 0.3) is 0 Å². The first-order valence-electron chi connectivity index (χ1n) is 7.60. The zero-order valence-corrected chi connectivity index (χ0v) is 13.2. The van der Waals surface area contributed by atoms with Crippen LogP contribution >= 0.6 is 0 Å². The van der Waals surface area contributed by atoms with Gasteiger partial charge in [0.2, 0.25) is 0 Å². The Kier molecular flexibility index (Phi) is 5.94. The molecule has 19 heavy (non-hydrogen) atoms. The third kappa shape index (κ3) is 3.31. The van der Waals surface area contributed by atoms with Crippen molar-refractivity contribution in [2.24, 2.45) is 0 Å². The largest absolute Gasteiger partial charge is 0.367 e. The summed E-state index contributed by atoms with van der Waals surface area (Å²) in [5, 5.41) is 6.98. The van der Waals surface area contributed by atoms with Gasteiger partial charge in [0.05, 0.1) is 11.9 Å². The van der Waals surface area contributed by atoms with Gasteiger partial charge in [0.15, 0.2) is 0 Å². The summed E-state index contributed by atoms with van der Waals surface area (Å²) in [5.74, 6) is 0. The SMILES string of the molecule is CC.CC.Cc1ccc2c(c1)CCC1=C2NC(C)N1.[HH]. The topological polar surface area (TPSA) is 24.1 Å². The molecule has 0 aromatic heterocycles. The second-order valence-electron chi connectivity index (χ2n) is 4.52. The molecule has 2 N–H and O–H groups in total. The van der Waals surface area contributed by atoms with Gasteiger partial charge in [-0.15, -0.1) is 0 Å². The minimum absolute atomic E-state index is 0. The van der Waals surface area contributed by atoms with E-state index in [9.17, 15) is 0 Å². The van der Waals surface area contributed by atoms with Gasteiger partial charge >= 0.3 is 0 Å². The number of allylic oxidation sites excluding steroid dienone is 1. The Morgan fingerprint density at radius 3 is 2.42 bits per heavy atom. The Morgan fingerprint density at radius 1 is 1.05 bits per heavy atom. The standard InChI is InChI=1S/C13H16N2.2C2H6.H2/c1-8-3-5-11-10(7-8)4-6-12-13(11)15-9(2)14-12;2*1-2;/h3,5,7,9,14-15H,4,6H2,1-2H3;2*1-2H3;1H. The molecule has 1 aliphatic carbocycles. The molecule has 0 radical (unpaired) electrons. The monoisotopic (exact) mass is 262 g/mol. The van der Waals surface area contributed by atoms with Crippen molar-refractivity contribution in [2.75, 3.05) is 0 Å². The Bertz CT molecular complexity index is 452. The van der Waals surface area contributed by atoms with E-state index in [1.807, 2.05) is 27.7 Å². The van der Waals surface area contributed by atoms with Gasteiger partial charge in [-0.3, -0.25) is 0 Å². The molecule has 1 unspecified atom stereocenters. The van der Waals surface area contributed by atoms with Gasteiger partial charge in [-0.2, -0.15) is 0 Å². The smallest absolute Gasteiger partial charge is 0.0933 e. The van der Waals surface area contributed by atoms with Crippen molar-refractivity contribution >= 4 is 5.70 Å². The van der Waals surface area contributed by atoms with Crippen LogP contribution in [-0.2, 0) is 6.42 Å². The summed E-state index contributed by atoms with van der Waals surface area (Å²) < 4.78 is 0. The fraction of sp³-hybridized carbons (Fsp3) is 0.529. The first-order chi connectivity index (χ1) is 9.24. The molecule has 1 heterocycles. The maximum absolute atomic E-state index is 3.50. The fourth-order valence-corrected chi connectivity index (χ4v) is 2.54. The van der Waals surface area contributed by atoms with Crippen LogP contribution in [-0.4, -0.2) is 6.17 Å². The van der Waals surface area contributed by atoms with Crippen LogP contribution in [0.25, 0.3) is 5.70 Å². The highest BCUT2D eigenvalue weighted by Crippen LogP contribution is 2.31. The third-order valence-corrected chi connectivity index (χ3v) is 3.23. The van der Waals surface area contributed by atoms with Gasteiger partial charge < -0.3 is 10.6 Å². The molecule has 0 saturated carbocycles. The van der Waals surface area contributed by atoms with Crippen molar-refractivity contribution in [3.63, 3.8) is 0 Å². The van der Waals surface area contributed by atoms with E-state index in [1.54, 1.807) is 0 Å². The van der Waals surface area contributed by atoms with E-state index in [2.05, 4.69) is 42.7 Å². The minimum Gasteiger partial charge on any atom is -0.367 e. The normalized spacial score (nSPS) is 18.7. The number of hydrogen-bond donors (Lipinski definition) is 2. The number of nitrogens with one attached hydrogen (secondary N) is 2. The molecule has 2 heteroatoms. The molecule has 1 aliphatic heterocycles. The fourth-order valence-electron chi connectivity index (χ4n) is 2.54. The van der Waals surface area contributed by atoms with E-state index in [1.165, 1.54) is 28.1 Å². The molecule has 0 amide bonds. The second kappa shape index (κ2) is 7.22. The molecular formula is C17H30N2. The highest BCUT2D eigenvalue weighted by Gasteiger charge is 2.25. The van der Waals surface area contributed by atoms with Gasteiger partial charge in [-0.05, 0) is 32.3 Å². The summed E-state index contributed by atoms with van der Waals surface area (Å²) in [4.78, 5) is 0.